The first kappa shape index (κ1) is 15.7. The highest BCUT2D eigenvalue weighted by Gasteiger charge is 2.15. The van der Waals surface area contributed by atoms with Gasteiger partial charge in [0.05, 0.1) is 12.2 Å². The van der Waals surface area contributed by atoms with Crippen molar-refractivity contribution in [2.24, 2.45) is 0 Å². The normalized spacial score (nSPS) is 10.5. The smallest absolute Gasteiger partial charge is 0.341 e. The number of nitrogens with zero attached hydrogens (tertiary/aromatic N) is 1. The Morgan fingerprint density at radius 3 is 2.25 bits per heavy atom. The lowest BCUT2D eigenvalue weighted by atomic mass is 10.1. The highest BCUT2D eigenvalue weighted by atomic mass is 16.4. The molecule has 0 aliphatic heterocycles. The third-order valence-corrected chi connectivity index (χ3v) is 3.94. The van der Waals surface area contributed by atoms with Gasteiger partial charge in [-0.3, -0.25) is 4.79 Å². The first-order chi connectivity index (χ1) is 11.6. The van der Waals surface area contributed by atoms with E-state index in [1.165, 1.54) is 10.6 Å². The Labute approximate surface area is 139 Å². The van der Waals surface area contributed by atoms with Crippen molar-refractivity contribution >= 4 is 5.97 Å². The van der Waals surface area contributed by atoms with Crippen molar-refractivity contribution in [1.29, 1.82) is 0 Å². The highest BCUT2D eigenvalue weighted by molar-refractivity contribution is 5.87. The summed E-state index contributed by atoms with van der Waals surface area (Å²) < 4.78 is 1.52. The maximum Gasteiger partial charge on any atom is 0.341 e. The molecule has 0 saturated heterocycles. The van der Waals surface area contributed by atoms with Crippen LogP contribution in [-0.4, -0.2) is 15.6 Å². The molecule has 0 amide bonds. The van der Waals surface area contributed by atoms with Crippen molar-refractivity contribution in [2.45, 2.75) is 13.5 Å². The topological polar surface area (TPSA) is 59.3 Å². The molecule has 0 aliphatic carbocycles. The van der Waals surface area contributed by atoms with Crippen LogP contribution in [0.3, 0.4) is 0 Å². The molecule has 1 aromatic heterocycles. The molecule has 4 heteroatoms. The Bertz CT molecular complexity index is 925. The van der Waals surface area contributed by atoms with Gasteiger partial charge in [0, 0.05) is 0 Å². The monoisotopic (exact) mass is 319 g/mol. The first-order valence-corrected chi connectivity index (χ1v) is 7.64. The van der Waals surface area contributed by atoms with Crippen LogP contribution >= 0.6 is 0 Å². The minimum absolute atomic E-state index is 0.221. The Morgan fingerprint density at radius 1 is 0.958 bits per heavy atom. The van der Waals surface area contributed by atoms with E-state index in [1.807, 2.05) is 61.5 Å². The van der Waals surface area contributed by atoms with Gasteiger partial charge in [0.25, 0.3) is 5.56 Å². The number of aromatic nitrogens is 1. The van der Waals surface area contributed by atoms with Crippen LogP contribution in [0.1, 0.15) is 21.5 Å². The number of rotatable bonds is 4. The Balaban J connectivity index is 2.16. The zero-order chi connectivity index (χ0) is 17.1. The van der Waals surface area contributed by atoms with E-state index in [1.54, 1.807) is 6.07 Å². The number of carboxylic acids is 1. The fourth-order valence-corrected chi connectivity index (χ4v) is 2.64. The highest BCUT2D eigenvalue weighted by Crippen LogP contribution is 2.19. The van der Waals surface area contributed by atoms with Crippen LogP contribution in [0.2, 0.25) is 0 Å². The lowest BCUT2D eigenvalue weighted by molar-refractivity contribution is 0.0694. The molecule has 1 heterocycles. The van der Waals surface area contributed by atoms with E-state index in [-0.39, 0.29) is 5.56 Å². The van der Waals surface area contributed by atoms with Gasteiger partial charge in [-0.25, -0.2) is 4.79 Å². The van der Waals surface area contributed by atoms with E-state index in [4.69, 9.17) is 0 Å². The van der Waals surface area contributed by atoms with Gasteiger partial charge in [-0.05, 0) is 30.2 Å². The summed E-state index contributed by atoms with van der Waals surface area (Å²) in [6.07, 6.45) is 0. The molecule has 2 aromatic carbocycles. The lowest BCUT2D eigenvalue weighted by Crippen LogP contribution is -2.27. The van der Waals surface area contributed by atoms with Gasteiger partial charge >= 0.3 is 5.97 Å². The van der Waals surface area contributed by atoms with Crippen molar-refractivity contribution in [2.75, 3.05) is 0 Å². The minimum atomic E-state index is -1.21. The fourth-order valence-electron chi connectivity index (χ4n) is 2.64. The first-order valence-electron chi connectivity index (χ1n) is 7.64. The molecule has 0 radical (unpaired) electrons. The maximum atomic E-state index is 12.7. The predicted octanol–water partition coefficient (Wildman–Crippen LogP) is 3.57. The number of carbonyl (C=O) groups is 1. The Kier molecular flexibility index (Phi) is 4.29. The van der Waals surface area contributed by atoms with Crippen LogP contribution in [0.15, 0.2) is 71.5 Å². The van der Waals surface area contributed by atoms with Gasteiger partial charge in [0.15, 0.2) is 0 Å². The maximum absolute atomic E-state index is 12.7. The van der Waals surface area contributed by atoms with E-state index >= 15 is 0 Å². The van der Waals surface area contributed by atoms with Crippen molar-refractivity contribution in [3.8, 4) is 11.3 Å². The van der Waals surface area contributed by atoms with Crippen LogP contribution in [-0.2, 0) is 6.54 Å². The van der Waals surface area contributed by atoms with Crippen molar-refractivity contribution in [3.63, 3.8) is 0 Å². The molecule has 120 valence electrons. The van der Waals surface area contributed by atoms with Crippen LogP contribution in [0, 0.1) is 6.92 Å². The molecule has 0 aliphatic rings. The second-order valence-electron chi connectivity index (χ2n) is 5.68. The third-order valence-electron chi connectivity index (χ3n) is 3.94. The zero-order valence-corrected chi connectivity index (χ0v) is 13.3. The number of benzene rings is 2. The van der Waals surface area contributed by atoms with Gasteiger partial charge in [-0.2, -0.15) is 0 Å². The summed E-state index contributed by atoms with van der Waals surface area (Å²) in [5.74, 6) is -1.21. The molecule has 3 rings (SSSR count). The van der Waals surface area contributed by atoms with Gasteiger partial charge < -0.3 is 9.67 Å². The zero-order valence-electron chi connectivity index (χ0n) is 13.3. The van der Waals surface area contributed by atoms with Crippen molar-refractivity contribution in [1.82, 2.24) is 4.57 Å². The van der Waals surface area contributed by atoms with Crippen LogP contribution in [0.5, 0.6) is 0 Å². The summed E-state index contributed by atoms with van der Waals surface area (Å²) in [5, 5.41) is 9.24. The lowest BCUT2D eigenvalue weighted by Gasteiger charge is -2.14. The van der Waals surface area contributed by atoms with E-state index in [0.29, 0.717) is 12.2 Å². The number of pyridine rings is 1. The molecule has 0 saturated carbocycles. The summed E-state index contributed by atoms with van der Waals surface area (Å²) in [6, 6.07) is 20.4. The van der Waals surface area contributed by atoms with Crippen LogP contribution < -0.4 is 5.56 Å². The number of carboxylic acid groups (broad SMARTS) is 1. The average molecular weight is 319 g/mol. The van der Waals surface area contributed by atoms with Gasteiger partial charge in [0.2, 0.25) is 0 Å². The molecule has 0 fully saturated rings. The van der Waals surface area contributed by atoms with E-state index in [9.17, 15) is 14.7 Å². The molecule has 0 atom stereocenters. The number of hydrogen-bond donors (Lipinski definition) is 1. The Hall–Kier alpha value is -3.14. The largest absolute Gasteiger partial charge is 0.477 e. The molecule has 1 N–H and O–H groups in total. The number of aryl methyl sites for hydroxylation is 1. The second kappa shape index (κ2) is 6.54. The summed E-state index contributed by atoms with van der Waals surface area (Å²) in [4.78, 5) is 24.0. The van der Waals surface area contributed by atoms with E-state index < -0.39 is 11.5 Å². The molecule has 24 heavy (non-hydrogen) atoms. The SMILES string of the molecule is Cc1ccc(Cn2c(-c3ccccc3)ccc(C(=O)O)c2=O)cc1. The predicted molar refractivity (Wildman–Crippen MR) is 93.4 cm³/mol. The minimum Gasteiger partial charge on any atom is -0.477 e. The summed E-state index contributed by atoms with van der Waals surface area (Å²) in [7, 11) is 0. The number of hydrogen-bond acceptors (Lipinski definition) is 2. The molecule has 0 spiro atoms. The molecule has 3 aromatic rings. The molecular formula is C20H17NO3. The fraction of sp³-hybridized carbons (Fsp3) is 0.100. The van der Waals surface area contributed by atoms with E-state index in [0.717, 1.165) is 16.7 Å². The van der Waals surface area contributed by atoms with Gasteiger partial charge in [-0.1, -0.05) is 60.2 Å². The van der Waals surface area contributed by atoms with E-state index in [2.05, 4.69) is 0 Å². The van der Waals surface area contributed by atoms with Crippen molar-refractivity contribution < 1.29 is 9.90 Å². The molecule has 0 unspecified atom stereocenters. The molecule has 4 nitrogen and oxygen atoms in total. The van der Waals surface area contributed by atoms with Crippen LogP contribution in [0.4, 0.5) is 0 Å². The Morgan fingerprint density at radius 2 is 1.62 bits per heavy atom. The molecule has 0 bridgehead atoms. The van der Waals surface area contributed by atoms with Crippen LogP contribution in [0.25, 0.3) is 11.3 Å². The summed E-state index contributed by atoms with van der Waals surface area (Å²) in [5.41, 5.74) is 2.94. The van der Waals surface area contributed by atoms with Crippen molar-refractivity contribution in [3.05, 3.63) is 93.8 Å². The van der Waals surface area contributed by atoms with Gasteiger partial charge in [-0.15, -0.1) is 0 Å². The molecular weight excluding hydrogens is 302 g/mol. The quantitative estimate of drug-likeness (QED) is 0.800. The standard InChI is InChI=1S/C20H17NO3/c1-14-7-9-15(10-8-14)13-21-18(16-5-3-2-4-6-16)12-11-17(19(21)22)20(23)24/h2-12H,13H2,1H3,(H,23,24). The van der Waals surface area contributed by atoms with Gasteiger partial charge in [0.1, 0.15) is 5.56 Å². The number of aromatic carboxylic acids is 1. The third kappa shape index (κ3) is 3.13. The summed E-state index contributed by atoms with van der Waals surface area (Å²) in [6.45, 7) is 2.32. The average Bonchev–Trinajstić information content (AvgIpc) is 2.59. The second-order valence-corrected chi connectivity index (χ2v) is 5.68. The summed E-state index contributed by atoms with van der Waals surface area (Å²) >= 11 is 0.